The van der Waals surface area contributed by atoms with Crippen LogP contribution >= 0.6 is 11.6 Å². The highest BCUT2D eigenvalue weighted by Crippen LogP contribution is 2.22. The van der Waals surface area contributed by atoms with Crippen molar-refractivity contribution in [3.63, 3.8) is 0 Å². The molecule has 2 aromatic rings. The predicted octanol–water partition coefficient (Wildman–Crippen LogP) is 4.50. The molecule has 2 aromatic carbocycles. The van der Waals surface area contributed by atoms with Gasteiger partial charge in [0.1, 0.15) is 0 Å². The van der Waals surface area contributed by atoms with Crippen molar-refractivity contribution in [2.24, 2.45) is 0 Å². The summed E-state index contributed by atoms with van der Waals surface area (Å²) in [6.07, 6.45) is 0.127. The number of methoxy groups -OCH3 is 1. The number of nitrogens with zero attached hydrogens (tertiary/aromatic N) is 1. The van der Waals surface area contributed by atoms with Crippen LogP contribution in [0.1, 0.15) is 24.9 Å². The summed E-state index contributed by atoms with van der Waals surface area (Å²) in [6.45, 7) is 2.18. The summed E-state index contributed by atoms with van der Waals surface area (Å²) in [6, 6.07) is 16.0. The Labute approximate surface area is 152 Å². The minimum Gasteiger partial charge on any atom is -0.469 e. The molecule has 0 saturated carbocycles. The van der Waals surface area contributed by atoms with E-state index in [0.717, 1.165) is 5.56 Å². The molecule has 1 unspecified atom stereocenters. The first-order valence-electron chi connectivity index (χ1n) is 7.96. The number of benzene rings is 2. The van der Waals surface area contributed by atoms with E-state index in [1.54, 1.807) is 29.2 Å². The number of urea groups is 1. The normalized spacial score (nSPS) is 11.5. The van der Waals surface area contributed by atoms with Crippen LogP contribution in [0.3, 0.4) is 0 Å². The largest absolute Gasteiger partial charge is 0.469 e. The Morgan fingerprint density at radius 3 is 2.36 bits per heavy atom. The third-order valence-corrected chi connectivity index (χ3v) is 4.14. The highest BCUT2D eigenvalue weighted by molar-refractivity contribution is 6.30. The number of ether oxygens (including phenoxy) is 1. The first-order valence-corrected chi connectivity index (χ1v) is 8.34. The lowest BCUT2D eigenvalue weighted by Gasteiger charge is -2.29. The zero-order valence-electron chi connectivity index (χ0n) is 14.2. The summed E-state index contributed by atoms with van der Waals surface area (Å²) in [7, 11) is 1.33. The molecule has 5 nitrogen and oxygen atoms in total. The molecule has 2 rings (SSSR count). The van der Waals surface area contributed by atoms with Crippen LogP contribution in [0, 0.1) is 0 Å². The average molecular weight is 361 g/mol. The smallest absolute Gasteiger partial charge is 0.322 e. The summed E-state index contributed by atoms with van der Waals surface area (Å²) >= 11 is 5.87. The Morgan fingerprint density at radius 1 is 1.12 bits per heavy atom. The minimum atomic E-state index is -0.357. The summed E-state index contributed by atoms with van der Waals surface area (Å²) in [4.78, 5) is 25.9. The monoisotopic (exact) mass is 360 g/mol. The number of carbonyl (C=O) groups excluding carboxylic acids is 2. The second kappa shape index (κ2) is 9.08. The van der Waals surface area contributed by atoms with E-state index in [1.165, 1.54) is 7.11 Å². The SMILES string of the molecule is COC(=O)CCN(C(=O)Nc1ccc(Cl)cc1)C(C)c1ccccc1. The van der Waals surface area contributed by atoms with Gasteiger partial charge in [0.15, 0.2) is 0 Å². The summed E-state index contributed by atoms with van der Waals surface area (Å²) in [5, 5.41) is 3.43. The lowest BCUT2D eigenvalue weighted by Crippen LogP contribution is -2.38. The maximum atomic E-state index is 12.7. The van der Waals surface area contributed by atoms with Crippen molar-refractivity contribution in [2.75, 3.05) is 19.0 Å². The second-order valence-corrected chi connectivity index (χ2v) is 5.98. The molecule has 0 heterocycles. The molecule has 0 aliphatic heterocycles. The number of nitrogens with one attached hydrogen (secondary N) is 1. The van der Waals surface area contributed by atoms with Crippen molar-refractivity contribution in [1.29, 1.82) is 0 Å². The first-order chi connectivity index (χ1) is 12.0. The second-order valence-electron chi connectivity index (χ2n) is 5.54. The van der Waals surface area contributed by atoms with Gasteiger partial charge in [0.05, 0.1) is 19.6 Å². The van der Waals surface area contributed by atoms with E-state index in [0.29, 0.717) is 10.7 Å². The Hall–Kier alpha value is -2.53. The predicted molar refractivity (Wildman–Crippen MR) is 98.7 cm³/mol. The topological polar surface area (TPSA) is 58.6 Å². The zero-order valence-corrected chi connectivity index (χ0v) is 15.0. The summed E-state index contributed by atoms with van der Waals surface area (Å²) in [5.74, 6) is -0.357. The fraction of sp³-hybridized carbons (Fsp3) is 0.263. The Kier molecular flexibility index (Phi) is 6.83. The maximum Gasteiger partial charge on any atom is 0.322 e. The van der Waals surface area contributed by atoms with E-state index in [9.17, 15) is 9.59 Å². The van der Waals surface area contributed by atoms with Crippen LogP contribution in [-0.2, 0) is 9.53 Å². The standard InChI is InChI=1S/C19H21ClN2O3/c1-14(15-6-4-3-5-7-15)22(13-12-18(23)25-2)19(24)21-17-10-8-16(20)9-11-17/h3-11,14H,12-13H2,1-2H3,(H,21,24). The van der Waals surface area contributed by atoms with Gasteiger partial charge in [-0.3, -0.25) is 4.79 Å². The molecule has 0 saturated heterocycles. The van der Waals surface area contributed by atoms with Crippen molar-refractivity contribution in [1.82, 2.24) is 4.90 Å². The van der Waals surface area contributed by atoms with Gasteiger partial charge in [0, 0.05) is 17.3 Å². The van der Waals surface area contributed by atoms with Crippen LogP contribution in [-0.4, -0.2) is 30.6 Å². The van der Waals surface area contributed by atoms with Gasteiger partial charge in [-0.1, -0.05) is 41.9 Å². The van der Waals surface area contributed by atoms with Gasteiger partial charge in [-0.05, 0) is 36.8 Å². The maximum absolute atomic E-state index is 12.7. The first kappa shape index (κ1) is 18.8. The molecule has 0 bridgehead atoms. The number of hydrogen-bond acceptors (Lipinski definition) is 3. The number of rotatable bonds is 6. The third kappa shape index (κ3) is 5.50. The molecule has 1 atom stereocenters. The van der Waals surface area contributed by atoms with Crippen LogP contribution < -0.4 is 5.32 Å². The van der Waals surface area contributed by atoms with E-state index in [2.05, 4.69) is 10.1 Å². The van der Waals surface area contributed by atoms with Gasteiger partial charge in [-0.15, -0.1) is 0 Å². The molecule has 2 amide bonds. The summed E-state index contributed by atoms with van der Waals surface area (Å²) < 4.78 is 4.69. The van der Waals surface area contributed by atoms with Crippen molar-refractivity contribution in [3.8, 4) is 0 Å². The van der Waals surface area contributed by atoms with Crippen LogP contribution in [0.25, 0.3) is 0 Å². The van der Waals surface area contributed by atoms with E-state index >= 15 is 0 Å². The van der Waals surface area contributed by atoms with Gasteiger partial charge in [-0.2, -0.15) is 0 Å². The molecule has 0 aromatic heterocycles. The van der Waals surface area contributed by atoms with Gasteiger partial charge in [-0.25, -0.2) is 4.79 Å². The molecule has 0 fully saturated rings. The lowest BCUT2D eigenvalue weighted by molar-refractivity contribution is -0.140. The summed E-state index contributed by atoms with van der Waals surface area (Å²) in [5.41, 5.74) is 1.62. The fourth-order valence-corrected chi connectivity index (χ4v) is 2.55. The molecule has 0 aliphatic carbocycles. The van der Waals surface area contributed by atoms with E-state index < -0.39 is 0 Å². The number of carbonyl (C=O) groups is 2. The third-order valence-electron chi connectivity index (χ3n) is 3.89. The van der Waals surface area contributed by atoms with Gasteiger partial charge >= 0.3 is 12.0 Å². The number of hydrogen-bond donors (Lipinski definition) is 1. The van der Waals surface area contributed by atoms with E-state index in [-0.39, 0.29) is 31.0 Å². The molecule has 6 heteroatoms. The number of esters is 1. The van der Waals surface area contributed by atoms with Crippen LogP contribution in [0.4, 0.5) is 10.5 Å². The Bertz CT molecular complexity index is 704. The Morgan fingerprint density at radius 2 is 1.76 bits per heavy atom. The van der Waals surface area contributed by atoms with Crippen LogP contribution in [0.2, 0.25) is 5.02 Å². The van der Waals surface area contributed by atoms with Crippen molar-refractivity contribution in [2.45, 2.75) is 19.4 Å². The van der Waals surface area contributed by atoms with Crippen molar-refractivity contribution in [3.05, 3.63) is 65.2 Å². The average Bonchev–Trinajstić information content (AvgIpc) is 2.64. The number of amides is 2. The molecule has 0 spiro atoms. The van der Waals surface area contributed by atoms with Crippen molar-refractivity contribution < 1.29 is 14.3 Å². The molecule has 25 heavy (non-hydrogen) atoms. The molecule has 1 N–H and O–H groups in total. The molecule has 0 radical (unpaired) electrons. The Balaban J connectivity index is 2.15. The highest BCUT2D eigenvalue weighted by Gasteiger charge is 2.22. The van der Waals surface area contributed by atoms with E-state index in [4.69, 9.17) is 11.6 Å². The van der Waals surface area contributed by atoms with Crippen molar-refractivity contribution >= 4 is 29.3 Å². The van der Waals surface area contributed by atoms with Crippen LogP contribution in [0.15, 0.2) is 54.6 Å². The molecule has 132 valence electrons. The van der Waals surface area contributed by atoms with Gasteiger partial charge < -0.3 is 15.0 Å². The lowest BCUT2D eigenvalue weighted by atomic mass is 10.1. The molecular weight excluding hydrogens is 340 g/mol. The molecule has 0 aliphatic rings. The quantitative estimate of drug-likeness (QED) is 0.771. The highest BCUT2D eigenvalue weighted by atomic mass is 35.5. The fourth-order valence-electron chi connectivity index (χ4n) is 2.42. The zero-order chi connectivity index (χ0) is 18.2. The van der Waals surface area contributed by atoms with Gasteiger partial charge in [0.2, 0.25) is 0 Å². The van der Waals surface area contributed by atoms with E-state index in [1.807, 2.05) is 37.3 Å². The minimum absolute atomic E-state index is 0.127. The van der Waals surface area contributed by atoms with Crippen LogP contribution in [0.5, 0.6) is 0 Å². The number of halogens is 1. The van der Waals surface area contributed by atoms with Gasteiger partial charge in [0.25, 0.3) is 0 Å². The molecular formula is C19H21ClN2O3. The number of anilines is 1.